The van der Waals surface area contributed by atoms with Gasteiger partial charge in [-0.05, 0) is 12.1 Å². The van der Waals surface area contributed by atoms with Crippen molar-refractivity contribution in [1.82, 2.24) is 9.97 Å². The van der Waals surface area contributed by atoms with Crippen LogP contribution in [0.5, 0.6) is 11.5 Å². The average molecular weight is 260 g/mol. The fraction of sp³-hybridized carbons (Fsp3) is 0.0909. The summed E-state index contributed by atoms with van der Waals surface area (Å²) in [5.41, 5.74) is 0.422. The summed E-state index contributed by atoms with van der Waals surface area (Å²) in [5, 5.41) is 13.7. The Kier molecular flexibility index (Phi) is 2.60. The van der Waals surface area contributed by atoms with E-state index in [2.05, 4.69) is 15.3 Å². The Labute approximate surface area is 107 Å². The molecule has 1 aromatic carbocycles. The molecule has 1 aromatic heterocycles. The Bertz CT molecular complexity index is 646. The lowest BCUT2D eigenvalue weighted by Crippen LogP contribution is -2.00. The number of anilines is 2. The molecular formula is C11H8N4O4. The van der Waals surface area contributed by atoms with Crippen LogP contribution in [-0.4, -0.2) is 21.7 Å². The normalized spacial score (nSPS) is 12.2. The molecule has 1 N–H and O–H groups in total. The molecule has 3 rings (SSSR count). The fourth-order valence-corrected chi connectivity index (χ4v) is 1.66. The molecule has 0 atom stereocenters. The highest BCUT2D eigenvalue weighted by Crippen LogP contribution is 2.35. The van der Waals surface area contributed by atoms with Gasteiger partial charge in [-0.15, -0.1) is 0 Å². The maximum atomic E-state index is 10.8. The maximum Gasteiger partial charge on any atom is 0.329 e. The monoisotopic (exact) mass is 260 g/mol. The SMILES string of the molecule is O=[N+]([O-])c1cncnc1Nc1ccc2c(c1)OCO2. The highest BCUT2D eigenvalue weighted by Gasteiger charge is 2.17. The molecule has 0 radical (unpaired) electrons. The number of fused-ring (bicyclic) bond motifs is 1. The minimum Gasteiger partial charge on any atom is -0.454 e. The summed E-state index contributed by atoms with van der Waals surface area (Å²) in [5.74, 6) is 1.35. The second kappa shape index (κ2) is 4.41. The Morgan fingerprint density at radius 2 is 2.16 bits per heavy atom. The van der Waals surface area contributed by atoms with E-state index in [1.165, 1.54) is 6.33 Å². The predicted molar refractivity (Wildman–Crippen MR) is 64.5 cm³/mol. The number of hydrogen-bond donors (Lipinski definition) is 1. The Balaban J connectivity index is 1.91. The van der Waals surface area contributed by atoms with E-state index < -0.39 is 4.92 Å². The van der Waals surface area contributed by atoms with E-state index in [-0.39, 0.29) is 18.3 Å². The zero-order chi connectivity index (χ0) is 13.2. The largest absolute Gasteiger partial charge is 0.454 e. The van der Waals surface area contributed by atoms with Gasteiger partial charge in [0.1, 0.15) is 12.5 Å². The quantitative estimate of drug-likeness (QED) is 0.664. The minimum absolute atomic E-state index is 0.124. The second-order valence-corrected chi connectivity index (χ2v) is 3.71. The molecule has 8 heteroatoms. The van der Waals surface area contributed by atoms with Crippen LogP contribution in [0.3, 0.4) is 0 Å². The van der Waals surface area contributed by atoms with E-state index in [9.17, 15) is 10.1 Å². The standard InChI is InChI=1S/C11H8N4O4/c16-15(17)8-4-12-5-13-11(8)14-7-1-2-9-10(3-7)19-6-18-9/h1-5H,6H2,(H,12,13,14). The van der Waals surface area contributed by atoms with Crippen LogP contribution in [0.15, 0.2) is 30.7 Å². The first kappa shape index (κ1) is 11.2. The van der Waals surface area contributed by atoms with E-state index in [1.54, 1.807) is 18.2 Å². The number of benzene rings is 1. The third-order valence-corrected chi connectivity index (χ3v) is 2.52. The Hall–Kier alpha value is -2.90. The molecule has 0 amide bonds. The van der Waals surface area contributed by atoms with Gasteiger partial charge < -0.3 is 14.8 Å². The number of ether oxygens (including phenoxy) is 2. The van der Waals surface area contributed by atoms with E-state index in [0.717, 1.165) is 6.20 Å². The van der Waals surface area contributed by atoms with Crippen molar-refractivity contribution in [1.29, 1.82) is 0 Å². The van der Waals surface area contributed by atoms with Crippen LogP contribution in [0.4, 0.5) is 17.2 Å². The lowest BCUT2D eigenvalue weighted by atomic mass is 10.2. The fourth-order valence-electron chi connectivity index (χ4n) is 1.66. The molecule has 1 aliphatic rings. The molecule has 0 bridgehead atoms. The Morgan fingerprint density at radius 3 is 3.00 bits per heavy atom. The first-order chi connectivity index (χ1) is 9.24. The van der Waals surface area contributed by atoms with Crippen LogP contribution in [0.1, 0.15) is 0 Å². The summed E-state index contributed by atoms with van der Waals surface area (Å²) >= 11 is 0. The van der Waals surface area contributed by atoms with Crippen molar-refractivity contribution in [2.24, 2.45) is 0 Å². The third kappa shape index (κ3) is 2.10. The number of aromatic nitrogens is 2. The van der Waals surface area contributed by atoms with Crippen molar-refractivity contribution in [2.75, 3.05) is 12.1 Å². The van der Waals surface area contributed by atoms with E-state index in [1.807, 2.05) is 0 Å². The molecule has 0 unspecified atom stereocenters. The number of rotatable bonds is 3. The zero-order valence-corrected chi connectivity index (χ0v) is 9.57. The first-order valence-corrected chi connectivity index (χ1v) is 5.35. The first-order valence-electron chi connectivity index (χ1n) is 5.35. The van der Waals surface area contributed by atoms with Crippen molar-refractivity contribution in [3.63, 3.8) is 0 Å². The molecule has 19 heavy (non-hydrogen) atoms. The van der Waals surface area contributed by atoms with Crippen molar-refractivity contribution in [3.05, 3.63) is 40.8 Å². The molecule has 2 aromatic rings. The number of hydrogen-bond acceptors (Lipinski definition) is 7. The number of nitrogens with one attached hydrogen (secondary N) is 1. The van der Waals surface area contributed by atoms with Gasteiger partial charge in [-0.3, -0.25) is 10.1 Å². The second-order valence-electron chi connectivity index (χ2n) is 3.71. The van der Waals surface area contributed by atoms with Crippen LogP contribution < -0.4 is 14.8 Å². The van der Waals surface area contributed by atoms with Gasteiger partial charge in [0.15, 0.2) is 11.5 Å². The van der Waals surface area contributed by atoms with Crippen molar-refractivity contribution in [3.8, 4) is 11.5 Å². The lowest BCUT2D eigenvalue weighted by molar-refractivity contribution is -0.384. The van der Waals surface area contributed by atoms with E-state index >= 15 is 0 Å². The summed E-state index contributed by atoms with van der Waals surface area (Å²) in [7, 11) is 0. The summed E-state index contributed by atoms with van der Waals surface area (Å²) < 4.78 is 10.4. The van der Waals surface area contributed by atoms with E-state index in [4.69, 9.17) is 9.47 Å². The molecule has 0 saturated heterocycles. The van der Waals surface area contributed by atoms with Crippen LogP contribution in [0.25, 0.3) is 0 Å². The van der Waals surface area contributed by atoms with Gasteiger partial charge in [-0.25, -0.2) is 9.97 Å². The van der Waals surface area contributed by atoms with Crippen molar-refractivity contribution < 1.29 is 14.4 Å². The molecular weight excluding hydrogens is 252 g/mol. The van der Waals surface area contributed by atoms with Gasteiger partial charge in [-0.2, -0.15) is 0 Å². The van der Waals surface area contributed by atoms with Crippen molar-refractivity contribution in [2.45, 2.75) is 0 Å². The molecule has 8 nitrogen and oxygen atoms in total. The molecule has 0 saturated carbocycles. The van der Waals surface area contributed by atoms with Gasteiger partial charge >= 0.3 is 5.69 Å². The number of nitro groups is 1. The molecule has 0 fully saturated rings. The summed E-state index contributed by atoms with van der Waals surface area (Å²) in [6, 6.07) is 5.13. The summed E-state index contributed by atoms with van der Waals surface area (Å²) in [6.45, 7) is 0.173. The zero-order valence-electron chi connectivity index (χ0n) is 9.57. The van der Waals surface area contributed by atoms with Crippen LogP contribution >= 0.6 is 0 Å². The van der Waals surface area contributed by atoms with E-state index in [0.29, 0.717) is 17.2 Å². The predicted octanol–water partition coefficient (Wildman–Crippen LogP) is 1.86. The highest BCUT2D eigenvalue weighted by molar-refractivity contribution is 5.67. The smallest absolute Gasteiger partial charge is 0.329 e. The third-order valence-electron chi connectivity index (χ3n) is 2.52. The van der Waals surface area contributed by atoms with Gasteiger partial charge in [0.2, 0.25) is 12.6 Å². The van der Waals surface area contributed by atoms with Crippen LogP contribution in [0.2, 0.25) is 0 Å². The molecule has 1 aliphatic heterocycles. The molecule has 0 aliphatic carbocycles. The van der Waals surface area contributed by atoms with Gasteiger partial charge in [-0.1, -0.05) is 0 Å². The summed E-state index contributed by atoms with van der Waals surface area (Å²) in [6.07, 6.45) is 2.38. The average Bonchev–Trinajstić information content (AvgIpc) is 2.86. The molecule has 96 valence electrons. The van der Waals surface area contributed by atoms with Crippen LogP contribution in [-0.2, 0) is 0 Å². The van der Waals surface area contributed by atoms with Gasteiger partial charge in [0.05, 0.1) is 4.92 Å². The Morgan fingerprint density at radius 1 is 1.32 bits per heavy atom. The lowest BCUT2D eigenvalue weighted by Gasteiger charge is -2.06. The minimum atomic E-state index is -0.546. The summed E-state index contributed by atoms with van der Waals surface area (Å²) in [4.78, 5) is 17.8. The molecule has 2 heterocycles. The van der Waals surface area contributed by atoms with Crippen LogP contribution in [0, 0.1) is 10.1 Å². The van der Waals surface area contributed by atoms with Crippen molar-refractivity contribution >= 4 is 17.2 Å². The van der Waals surface area contributed by atoms with Gasteiger partial charge in [0, 0.05) is 11.8 Å². The topological polar surface area (TPSA) is 99.4 Å². The number of nitrogens with zero attached hydrogens (tertiary/aromatic N) is 3. The molecule has 0 spiro atoms. The van der Waals surface area contributed by atoms with Gasteiger partial charge in [0.25, 0.3) is 0 Å². The maximum absolute atomic E-state index is 10.8. The highest BCUT2D eigenvalue weighted by atomic mass is 16.7.